The summed E-state index contributed by atoms with van der Waals surface area (Å²) in [5, 5.41) is 6.33. The molecule has 1 aromatic carbocycles. The molecule has 15 heavy (non-hydrogen) atoms. The minimum absolute atomic E-state index is 0.725. The second-order valence-electron chi connectivity index (χ2n) is 3.36. The van der Waals surface area contributed by atoms with Crippen molar-refractivity contribution in [2.45, 2.75) is 13.3 Å². The van der Waals surface area contributed by atoms with Crippen molar-refractivity contribution in [2.24, 2.45) is 0 Å². The van der Waals surface area contributed by atoms with Crippen LogP contribution in [-0.4, -0.2) is 26.9 Å². The van der Waals surface area contributed by atoms with Crippen LogP contribution in [0.4, 0.5) is 0 Å². The van der Waals surface area contributed by atoms with Crippen molar-refractivity contribution in [3.8, 4) is 5.75 Å². The van der Waals surface area contributed by atoms with Gasteiger partial charge in [0.15, 0.2) is 0 Å². The van der Waals surface area contributed by atoms with Gasteiger partial charge < -0.3 is 15.4 Å². The quantitative estimate of drug-likeness (QED) is 0.525. The summed E-state index contributed by atoms with van der Waals surface area (Å²) in [6.07, 6.45) is 1.05. The molecule has 0 radical (unpaired) electrons. The van der Waals surface area contributed by atoms with E-state index in [1.54, 1.807) is 0 Å². The van der Waals surface area contributed by atoms with Gasteiger partial charge in [0.05, 0.1) is 6.61 Å². The summed E-state index contributed by atoms with van der Waals surface area (Å²) in [7, 11) is 1.93. The molecule has 3 heteroatoms. The van der Waals surface area contributed by atoms with Crippen LogP contribution < -0.4 is 15.4 Å². The van der Waals surface area contributed by atoms with E-state index in [0.717, 1.165) is 32.0 Å². The molecule has 0 bridgehead atoms. The summed E-state index contributed by atoms with van der Waals surface area (Å²) < 4.78 is 5.38. The number of nitrogens with one attached hydrogen (secondary N) is 2. The smallest absolute Gasteiger partial charge is 0.119 e. The SMILES string of the molecule is CCOc1ccc(CCNCNC)cc1. The average molecular weight is 208 g/mol. The van der Waals surface area contributed by atoms with Crippen molar-refractivity contribution >= 4 is 0 Å². The zero-order valence-electron chi connectivity index (χ0n) is 9.55. The summed E-state index contributed by atoms with van der Waals surface area (Å²) in [6, 6.07) is 8.28. The molecule has 0 aliphatic carbocycles. The predicted octanol–water partition coefficient (Wildman–Crippen LogP) is 1.39. The first-order chi connectivity index (χ1) is 7.36. The van der Waals surface area contributed by atoms with E-state index in [1.807, 2.05) is 26.1 Å². The van der Waals surface area contributed by atoms with E-state index in [1.165, 1.54) is 5.56 Å². The van der Waals surface area contributed by atoms with Gasteiger partial charge in [-0.15, -0.1) is 0 Å². The zero-order valence-corrected chi connectivity index (χ0v) is 9.55. The van der Waals surface area contributed by atoms with Crippen molar-refractivity contribution in [1.29, 1.82) is 0 Å². The van der Waals surface area contributed by atoms with Gasteiger partial charge in [-0.3, -0.25) is 0 Å². The van der Waals surface area contributed by atoms with E-state index in [4.69, 9.17) is 4.74 Å². The molecular formula is C12H20N2O. The Kier molecular flexibility index (Phi) is 5.81. The van der Waals surface area contributed by atoms with Gasteiger partial charge in [-0.25, -0.2) is 0 Å². The van der Waals surface area contributed by atoms with E-state index in [-0.39, 0.29) is 0 Å². The molecule has 0 saturated heterocycles. The fourth-order valence-electron chi connectivity index (χ4n) is 1.37. The zero-order chi connectivity index (χ0) is 10.9. The van der Waals surface area contributed by atoms with Crippen LogP contribution in [0.25, 0.3) is 0 Å². The van der Waals surface area contributed by atoms with E-state index in [9.17, 15) is 0 Å². The Morgan fingerprint density at radius 2 is 1.93 bits per heavy atom. The first-order valence-electron chi connectivity index (χ1n) is 5.44. The molecule has 84 valence electrons. The molecular weight excluding hydrogens is 188 g/mol. The van der Waals surface area contributed by atoms with Crippen LogP contribution in [-0.2, 0) is 6.42 Å². The maximum atomic E-state index is 5.38. The monoisotopic (exact) mass is 208 g/mol. The third kappa shape index (κ3) is 4.81. The van der Waals surface area contributed by atoms with Gasteiger partial charge in [0, 0.05) is 13.2 Å². The van der Waals surface area contributed by atoms with Crippen molar-refractivity contribution in [3.63, 3.8) is 0 Å². The molecule has 2 N–H and O–H groups in total. The van der Waals surface area contributed by atoms with Gasteiger partial charge in [-0.2, -0.15) is 0 Å². The van der Waals surface area contributed by atoms with E-state index in [0.29, 0.717) is 0 Å². The number of rotatable bonds is 7. The first kappa shape index (κ1) is 12.0. The maximum absolute atomic E-state index is 5.38. The van der Waals surface area contributed by atoms with Crippen LogP contribution in [0.1, 0.15) is 12.5 Å². The molecule has 0 aromatic heterocycles. The summed E-state index contributed by atoms with van der Waals surface area (Å²) in [5.74, 6) is 0.949. The van der Waals surface area contributed by atoms with E-state index >= 15 is 0 Å². The van der Waals surface area contributed by atoms with Gasteiger partial charge >= 0.3 is 0 Å². The predicted molar refractivity (Wildman–Crippen MR) is 63.2 cm³/mol. The van der Waals surface area contributed by atoms with Crippen LogP contribution >= 0.6 is 0 Å². The first-order valence-corrected chi connectivity index (χ1v) is 5.44. The molecule has 0 aliphatic rings. The molecule has 1 aromatic rings. The second kappa shape index (κ2) is 7.26. The van der Waals surface area contributed by atoms with Crippen molar-refractivity contribution in [3.05, 3.63) is 29.8 Å². The van der Waals surface area contributed by atoms with Crippen LogP contribution in [0.3, 0.4) is 0 Å². The Morgan fingerprint density at radius 3 is 2.53 bits per heavy atom. The molecule has 0 fully saturated rings. The summed E-state index contributed by atoms with van der Waals surface area (Å²) in [4.78, 5) is 0. The Morgan fingerprint density at radius 1 is 1.20 bits per heavy atom. The summed E-state index contributed by atoms with van der Waals surface area (Å²) in [5.41, 5.74) is 1.34. The second-order valence-corrected chi connectivity index (χ2v) is 3.36. The molecule has 0 amide bonds. The lowest BCUT2D eigenvalue weighted by atomic mass is 10.1. The number of hydrogen-bond acceptors (Lipinski definition) is 3. The van der Waals surface area contributed by atoms with Gasteiger partial charge in [0.25, 0.3) is 0 Å². The molecule has 0 heterocycles. The third-order valence-corrected chi connectivity index (χ3v) is 2.13. The van der Waals surface area contributed by atoms with Crippen LogP contribution in [0.5, 0.6) is 5.75 Å². The molecule has 0 unspecified atom stereocenters. The Balaban J connectivity index is 2.29. The molecule has 0 spiro atoms. The van der Waals surface area contributed by atoms with Crippen molar-refractivity contribution in [2.75, 3.05) is 26.9 Å². The lowest BCUT2D eigenvalue weighted by Crippen LogP contribution is -2.27. The standard InChI is InChI=1S/C12H20N2O/c1-3-15-12-6-4-11(5-7-12)8-9-14-10-13-2/h4-7,13-14H,3,8-10H2,1-2H3. The largest absolute Gasteiger partial charge is 0.494 e. The molecule has 1 rings (SSSR count). The number of hydrogen-bond donors (Lipinski definition) is 2. The fraction of sp³-hybridized carbons (Fsp3) is 0.500. The van der Waals surface area contributed by atoms with Gasteiger partial charge in [-0.05, 0) is 38.1 Å². The summed E-state index contributed by atoms with van der Waals surface area (Å²) >= 11 is 0. The van der Waals surface area contributed by atoms with Gasteiger partial charge in [0.2, 0.25) is 0 Å². The topological polar surface area (TPSA) is 33.3 Å². The highest BCUT2D eigenvalue weighted by Crippen LogP contribution is 2.11. The van der Waals surface area contributed by atoms with Gasteiger partial charge in [0.1, 0.15) is 5.75 Å². The minimum Gasteiger partial charge on any atom is -0.494 e. The average Bonchev–Trinajstić information content (AvgIpc) is 2.27. The molecule has 0 atom stereocenters. The lowest BCUT2D eigenvalue weighted by Gasteiger charge is -2.06. The molecule has 3 nitrogen and oxygen atoms in total. The van der Waals surface area contributed by atoms with E-state index in [2.05, 4.69) is 22.8 Å². The van der Waals surface area contributed by atoms with Crippen molar-refractivity contribution in [1.82, 2.24) is 10.6 Å². The van der Waals surface area contributed by atoms with Crippen LogP contribution in [0, 0.1) is 0 Å². The third-order valence-electron chi connectivity index (χ3n) is 2.13. The number of benzene rings is 1. The highest BCUT2D eigenvalue weighted by atomic mass is 16.5. The fourth-order valence-corrected chi connectivity index (χ4v) is 1.37. The Hall–Kier alpha value is -1.06. The normalized spacial score (nSPS) is 10.3. The maximum Gasteiger partial charge on any atom is 0.119 e. The van der Waals surface area contributed by atoms with Crippen LogP contribution in [0.15, 0.2) is 24.3 Å². The Bertz CT molecular complexity index is 259. The summed E-state index contributed by atoms with van der Waals surface area (Å²) in [6.45, 7) is 4.57. The Labute approximate surface area is 91.8 Å². The molecule has 0 aliphatic heterocycles. The highest BCUT2D eigenvalue weighted by Gasteiger charge is 1.94. The molecule has 0 saturated carbocycles. The highest BCUT2D eigenvalue weighted by molar-refractivity contribution is 5.27. The lowest BCUT2D eigenvalue weighted by molar-refractivity contribution is 0.340. The minimum atomic E-state index is 0.725. The van der Waals surface area contributed by atoms with Crippen LogP contribution in [0.2, 0.25) is 0 Å². The van der Waals surface area contributed by atoms with Gasteiger partial charge in [-0.1, -0.05) is 12.1 Å². The van der Waals surface area contributed by atoms with Crippen molar-refractivity contribution < 1.29 is 4.74 Å². The van der Waals surface area contributed by atoms with E-state index < -0.39 is 0 Å². The number of ether oxygens (including phenoxy) is 1.